The maximum absolute atomic E-state index is 12.7. The maximum atomic E-state index is 12.7. The minimum absolute atomic E-state index is 0.0276. The van der Waals surface area contributed by atoms with Crippen molar-refractivity contribution in [3.63, 3.8) is 0 Å². The van der Waals surface area contributed by atoms with Crippen molar-refractivity contribution in [3.8, 4) is 0 Å². The van der Waals surface area contributed by atoms with E-state index in [0.29, 0.717) is 17.4 Å². The number of methoxy groups -OCH3 is 1. The molecule has 0 radical (unpaired) electrons. The van der Waals surface area contributed by atoms with Gasteiger partial charge < -0.3 is 4.74 Å². The fourth-order valence-electron chi connectivity index (χ4n) is 2.73. The van der Waals surface area contributed by atoms with Gasteiger partial charge in [-0.25, -0.2) is 17.9 Å². The van der Waals surface area contributed by atoms with Gasteiger partial charge in [-0.1, -0.05) is 0 Å². The summed E-state index contributed by atoms with van der Waals surface area (Å²) in [5.74, 6) is 0.337. The Labute approximate surface area is 128 Å². The molecule has 2 aliphatic rings. The third-order valence-electron chi connectivity index (χ3n) is 4.11. The van der Waals surface area contributed by atoms with Crippen LogP contribution in [0.2, 0.25) is 0 Å². The second kappa shape index (κ2) is 5.37. The largest absolute Gasteiger partial charge is 0.465 e. The van der Waals surface area contributed by atoms with Gasteiger partial charge in [-0.05, 0) is 55.4 Å². The Morgan fingerprint density at radius 2 is 1.90 bits per heavy atom. The van der Waals surface area contributed by atoms with E-state index in [1.807, 2.05) is 0 Å². The molecule has 0 bridgehead atoms. The Hall–Kier alpha value is -0.920. The Morgan fingerprint density at radius 3 is 2.38 bits per heavy atom. The first kappa shape index (κ1) is 15.0. The van der Waals surface area contributed by atoms with Gasteiger partial charge in [0.15, 0.2) is 0 Å². The van der Waals surface area contributed by atoms with Crippen LogP contribution in [0, 0.1) is 18.8 Å². The number of esters is 1. The summed E-state index contributed by atoms with van der Waals surface area (Å²) in [7, 11) is -2.42. The molecule has 116 valence electrons. The molecule has 2 fully saturated rings. The van der Waals surface area contributed by atoms with E-state index in [-0.39, 0.29) is 15.8 Å². The molecule has 0 aromatic carbocycles. The van der Waals surface area contributed by atoms with E-state index in [9.17, 15) is 13.2 Å². The number of thiophene rings is 1. The molecule has 0 saturated heterocycles. The third-order valence-corrected chi connectivity index (χ3v) is 6.96. The Kier molecular flexibility index (Phi) is 3.83. The molecule has 21 heavy (non-hydrogen) atoms. The highest BCUT2D eigenvalue weighted by Gasteiger charge is 2.44. The van der Waals surface area contributed by atoms with Gasteiger partial charge in [-0.15, -0.1) is 11.3 Å². The summed E-state index contributed by atoms with van der Waals surface area (Å²) in [6.45, 7) is 1.71. The summed E-state index contributed by atoms with van der Waals surface area (Å²) in [5, 5.41) is 1.68. The van der Waals surface area contributed by atoms with E-state index < -0.39 is 16.0 Å². The Morgan fingerprint density at radius 1 is 1.33 bits per heavy atom. The number of hydrogen-bond acceptors (Lipinski definition) is 5. The van der Waals surface area contributed by atoms with Crippen molar-refractivity contribution in [2.45, 2.75) is 43.5 Å². The molecule has 2 aliphatic carbocycles. The Bertz CT molecular complexity index is 645. The summed E-state index contributed by atoms with van der Waals surface area (Å²) in [6, 6.07) is 0.0276. The first-order valence-electron chi connectivity index (χ1n) is 7.12. The topological polar surface area (TPSA) is 72.5 Å². The fraction of sp³-hybridized carbons (Fsp3) is 0.643. The molecule has 0 amide bonds. The first-order chi connectivity index (χ1) is 9.94. The molecule has 0 atom stereocenters. The number of rotatable bonds is 6. The number of sulfonamides is 1. The van der Waals surface area contributed by atoms with Crippen molar-refractivity contribution in [1.82, 2.24) is 4.72 Å². The van der Waals surface area contributed by atoms with Crippen LogP contribution in [0.4, 0.5) is 0 Å². The first-order valence-corrected chi connectivity index (χ1v) is 9.49. The number of nitrogens with one attached hydrogen (secondary N) is 1. The predicted octanol–water partition coefficient (Wildman–Crippen LogP) is 2.31. The molecule has 1 heterocycles. The molecule has 0 spiro atoms. The molecule has 7 heteroatoms. The maximum Gasteiger partial charge on any atom is 0.349 e. The predicted molar refractivity (Wildman–Crippen MR) is 80.0 cm³/mol. The molecular weight excluding hydrogens is 310 g/mol. The van der Waals surface area contributed by atoms with Gasteiger partial charge >= 0.3 is 5.97 Å². The van der Waals surface area contributed by atoms with E-state index in [2.05, 4.69) is 9.46 Å². The number of ether oxygens (including phenoxy) is 1. The van der Waals surface area contributed by atoms with Crippen LogP contribution in [0.3, 0.4) is 0 Å². The summed E-state index contributed by atoms with van der Waals surface area (Å²) in [5.41, 5.74) is 0.596. The molecule has 0 aliphatic heterocycles. The second-order valence-electron chi connectivity index (χ2n) is 5.89. The molecule has 3 rings (SSSR count). The second-order valence-corrected chi connectivity index (χ2v) is 8.42. The number of carbonyl (C=O) groups is 1. The van der Waals surface area contributed by atoms with Crippen LogP contribution in [0.15, 0.2) is 10.3 Å². The minimum atomic E-state index is -3.68. The highest BCUT2D eigenvalue weighted by molar-refractivity contribution is 7.89. The summed E-state index contributed by atoms with van der Waals surface area (Å²) < 4.78 is 33.0. The van der Waals surface area contributed by atoms with E-state index >= 15 is 0 Å². The molecule has 1 N–H and O–H groups in total. The molecular formula is C14H19NO4S2. The van der Waals surface area contributed by atoms with Crippen molar-refractivity contribution >= 4 is 27.3 Å². The van der Waals surface area contributed by atoms with E-state index in [1.54, 1.807) is 12.3 Å². The van der Waals surface area contributed by atoms with Gasteiger partial charge in [0, 0.05) is 6.04 Å². The van der Waals surface area contributed by atoms with Gasteiger partial charge in [-0.2, -0.15) is 0 Å². The van der Waals surface area contributed by atoms with E-state index in [4.69, 9.17) is 0 Å². The van der Waals surface area contributed by atoms with Gasteiger partial charge in [0.1, 0.15) is 9.77 Å². The van der Waals surface area contributed by atoms with Crippen molar-refractivity contribution in [3.05, 3.63) is 15.8 Å². The lowest BCUT2D eigenvalue weighted by atomic mass is 10.1. The highest BCUT2D eigenvalue weighted by Crippen LogP contribution is 2.45. The molecule has 2 saturated carbocycles. The van der Waals surface area contributed by atoms with Crippen LogP contribution < -0.4 is 4.72 Å². The Balaban J connectivity index is 1.90. The van der Waals surface area contributed by atoms with Crippen molar-refractivity contribution < 1.29 is 17.9 Å². The summed E-state index contributed by atoms with van der Waals surface area (Å²) in [6.07, 6.45) is 4.37. The lowest BCUT2D eigenvalue weighted by Crippen LogP contribution is -2.38. The smallest absolute Gasteiger partial charge is 0.349 e. The van der Waals surface area contributed by atoms with Gasteiger partial charge in [-0.3, -0.25) is 0 Å². The lowest BCUT2D eigenvalue weighted by molar-refractivity contribution is 0.0602. The van der Waals surface area contributed by atoms with Gasteiger partial charge in [0.25, 0.3) is 0 Å². The van der Waals surface area contributed by atoms with Crippen molar-refractivity contribution in [2.75, 3.05) is 7.11 Å². The monoisotopic (exact) mass is 329 g/mol. The average molecular weight is 329 g/mol. The SMILES string of the molecule is COC(=O)c1scc(C)c1S(=O)(=O)NC(C1CC1)C1CC1. The summed E-state index contributed by atoms with van der Waals surface area (Å²) >= 11 is 1.12. The zero-order chi connectivity index (χ0) is 15.2. The van der Waals surface area contributed by atoms with Crippen LogP contribution >= 0.6 is 11.3 Å². The zero-order valence-electron chi connectivity index (χ0n) is 12.1. The van der Waals surface area contributed by atoms with Crippen LogP contribution in [0.1, 0.15) is 40.9 Å². The zero-order valence-corrected chi connectivity index (χ0v) is 13.7. The van der Waals surface area contributed by atoms with Crippen LogP contribution in [0.25, 0.3) is 0 Å². The molecule has 5 nitrogen and oxygen atoms in total. The van der Waals surface area contributed by atoms with Crippen molar-refractivity contribution in [1.29, 1.82) is 0 Å². The molecule has 1 aromatic rings. The number of hydrogen-bond donors (Lipinski definition) is 1. The molecule has 1 aromatic heterocycles. The molecule has 0 unspecified atom stereocenters. The number of carbonyl (C=O) groups excluding carboxylic acids is 1. The highest BCUT2D eigenvalue weighted by atomic mass is 32.2. The van der Waals surface area contributed by atoms with Gasteiger partial charge in [0.05, 0.1) is 7.11 Å². The fourth-order valence-corrected chi connectivity index (χ4v) is 5.81. The normalized spacial score (nSPS) is 19.0. The van der Waals surface area contributed by atoms with Crippen LogP contribution in [-0.4, -0.2) is 27.5 Å². The van der Waals surface area contributed by atoms with Crippen molar-refractivity contribution in [2.24, 2.45) is 11.8 Å². The quantitative estimate of drug-likeness (QED) is 0.813. The van der Waals surface area contributed by atoms with Crippen LogP contribution in [-0.2, 0) is 14.8 Å². The van der Waals surface area contributed by atoms with E-state index in [0.717, 1.165) is 37.0 Å². The third kappa shape index (κ3) is 3.00. The number of aryl methyl sites for hydroxylation is 1. The minimum Gasteiger partial charge on any atom is -0.465 e. The standard InChI is InChI=1S/C14H19NO4S2/c1-8-7-20-12(14(16)19-2)13(8)21(17,18)15-11(9-3-4-9)10-5-6-10/h7,9-11,15H,3-6H2,1-2H3. The van der Waals surface area contributed by atoms with Crippen LogP contribution in [0.5, 0.6) is 0 Å². The lowest BCUT2D eigenvalue weighted by Gasteiger charge is -2.18. The summed E-state index contributed by atoms with van der Waals surface area (Å²) in [4.78, 5) is 12.0. The van der Waals surface area contributed by atoms with Gasteiger partial charge in [0.2, 0.25) is 10.0 Å². The van der Waals surface area contributed by atoms with E-state index in [1.165, 1.54) is 7.11 Å². The average Bonchev–Trinajstić information content (AvgIpc) is 3.33.